The number of aromatic nitrogens is 1. The second kappa shape index (κ2) is 6.17. The van der Waals surface area contributed by atoms with E-state index in [4.69, 9.17) is 5.84 Å². The number of halogens is 2. The van der Waals surface area contributed by atoms with Crippen molar-refractivity contribution in [2.24, 2.45) is 5.84 Å². The maximum Gasteiger partial charge on any atom is 0.128 e. The van der Waals surface area contributed by atoms with Gasteiger partial charge in [-0.25, -0.2) is 13.8 Å². The Bertz CT molecular complexity index is 620. The van der Waals surface area contributed by atoms with Crippen LogP contribution in [0.25, 0.3) is 0 Å². The summed E-state index contributed by atoms with van der Waals surface area (Å²) in [5, 5.41) is 2.83. The van der Waals surface area contributed by atoms with Crippen LogP contribution < -0.4 is 11.3 Å². The summed E-state index contributed by atoms with van der Waals surface area (Å²) in [4.78, 5) is 4.55. The summed E-state index contributed by atoms with van der Waals surface area (Å²) >= 11 is 1.50. The predicted octanol–water partition coefficient (Wildman–Crippen LogP) is 3.47. The molecule has 3 nitrogen and oxygen atoms in total. The van der Waals surface area contributed by atoms with Crippen LogP contribution in [0.4, 0.5) is 8.78 Å². The maximum atomic E-state index is 13.8. The van der Waals surface area contributed by atoms with Gasteiger partial charge in [0.1, 0.15) is 11.6 Å². The Morgan fingerprint density at radius 2 is 2.05 bits per heavy atom. The van der Waals surface area contributed by atoms with Gasteiger partial charge in [0, 0.05) is 22.8 Å². The third kappa shape index (κ3) is 3.84. The van der Waals surface area contributed by atoms with Gasteiger partial charge in [-0.15, -0.1) is 11.3 Å². The molecule has 0 aliphatic heterocycles. The van der Waals surface area contributed by atoms with Gasteiger partial charge < -0.3 is 0 Å². The van der Waals surface area contributed by atoms with Crippen molar-refractivity contribution in [1.82, 2.24) is 10.4 Å². The predicted molar refractivity (Wildman–Crippen MR) is 80.9 cm³/mol. The van der Waals surface area contributed by atoms with Crippen LogP contribution >= 0.6 is 11.3 Å². The second-order valence-corrected chi connectivity index (χ2v) is 6.91. The molecule has 0 spiro atoms. The van der Waals surface area contributed by atoms with Crippen molar-refractivity contribution < 1.29 is 8.78 Å². The third-order valence-corrected chi connectivity index (χ3v) is 4.10. The Morgan fingerprint density at radius 3 is 2.62 bits per heavy atom. The Kier molecular flexibility index (Phi) is 4.70. The number of benzene rings is 1. The fourth-order valence-electron chi connectivity index (χ4n) is 1.96. The molecule has 1 heterocycles. The van der Waals surface area contributed by atoms with E-state index < -0.39 is 17.7 Å². The highest BCUT2D eigenvalue weighted by atomic mass is 32.1. The van der Waals surface area contributed by atoms with Crippen LogP contribution in [0.1, 0.15) is 43.1 Å². The molecule has 1 atom stereocenters. The number of rotatable bonds is 4. The molecule has 0 amide bonds. The van der Waals surface area contributed by atoms with E-state index in [1.165, 1.54) is 11.3 Å². The van der Waals surface area contributed by atoms with Crippen molar-refractivity contribution >= 4 is 11.3 Å². The minimum absolute atomic E-state index is 0.0372. The van der Waals surface area contributed by atoms with Crippen molar-refractivity contribution in [3.8, 4) is 0 Å². The molecular weight excluding hydrogens is 292 g/mol. The van der Waals surface area contributed by atoms with Gasteiger partial charge in [-0.1, -0.05) is 20.8 Å². The lowest BCUT2D eigenvalue weighted by molar-refractivity contribution is 0.499. The van der Waals surface area contributed by atoms with Crippen LogP contribution in [0.2, 0.25) is 0 Å². The van der Waals surface area contributed by atoms with Crippen LogP contribution in [0.15, 0.2) is 23.6 Å². The molecule has 0 aliphatic rings. The zero-order chi connectivity index (χ0) is 15.6. The smallest absolute Gasteiger partial charge is 0.128 e. The summed E-state index contributed by atoms with van der Waals surface area (Å²) in [5.41, 5.74) is 3.70. The molecule has 1 aromatic heterocycles. The fraction of sp³-hybridized carbons (Fsp3) is 0.400. The first-order valence-corrected chi connectivity index (χ1v) is 7.55. The first-order chi connectivity index (χ1) is 9.81. The van der Waals surface area contributed by atoms with Gasteiger partial charge >= 0.3 is 0 Å². The highest BCUT2D eigenvalue weighted by Gasteiger charge is 2.21. The number of thiazole rings is 1. The lowest BCUT2D eigenvalue weighted by Crippen LogP contribution is -2.30. The molecule has 21 heavy (non-hydrogen) atoms. The Labute approximate surface area is 127 Å². The number of nitrogens with one attached hydrogen (secondary N) is 1. The summed E-state index contributed by atoms with van der Waals surface area (Å²) in [5.74, 6) is 4.54. The Morgan fingerprint density at radius 1 is 1.33 bits per heavy atom. The van der Waals surface area contributed by atoms with E-state index in [-0.39, 0.29) is 11.0 Å². The highest BCUT2D eigenvalue weighted by Crippen LogP contribution is 2.27. The van der Waals surface area contributed by atoms with Crippen LogP contribution in [0.3, 0.4) is 0 Å². The zero-order valence-corrected chi connectivity index (χ0v) is 13.1. The van der Waals surface area contributed by atoms with Crippen LogP contribution in [0, 0.1) is 11.6 Å². The second-order valence-electron chi connectivity index (χ2n) is 5.97. The molecule has 6 heteroatoms. The van der Waals surface area contributed by atoms with Gasteiger partial charge in [0.25, 0.3) is 0 Å². The molecule has 2 rings (SSSR count). The average Bonchev–Trinajstić information content (AvgIpc) is 2.87. The largest absolute Gasteiger partial charge is 0.271 e. The van der Waals surface area contributed by atoms with Crippen molar-refractivity contribution in [1.29, 1.82) is 0 Å². The van der Waals surface area contributed by atoms with Gasteiger partial charge in [-0.3, -0.25) is 11.3 Å². The number of nitrogens with zero attached hydrogens (tertiary/aromatic N) is 1. The SMILES string of the molecule is CC(C)(C)c1csc(CC(NN)c2cc(F)ccc2F)n1. The van der Waals surface area contributed by atoms with E-state index in [0.717, 1.165) is 28.9 Å². The summed E-state index contributed by atoms with van der Waals surface area (Å²) < 4.78 is 27.1. The maximum absolute atomic E-state index is 13.8. The van der Waals surface area contributed by atoms with Crippen LogP contribution in [0.5, 0.6) is 0 Å². The molecule has 0 aliphatic carbocycles. The lowest BCUT2D eigenvalue weighted by atomic mass is 9.93. The molecule has 0 bridgehead atoms. The van der Waals surface area contributed by atoms with Gasteiger partial charge in [0.15, 0.2) is 0 Å². The monoisotopic (exact) mass is 311 g/mol. The average molecular weight is 311 g/mol. The van der Waals surface area contributed by atoms with Crippen LogP contribution in [-0.4, -0.2) is 4.98 Å². The molecule has 2 aromatic rings. The van der Waals surface area contributed by atoms with Crippen LogP contribution in [-0.2, 0) is 11.8 Å². The summed E-state index contributed by atoms with van der Waals surface area (Å²) in [7, 11) is 0. The molecule has 114 valence electrons. The molecule has 0 fully saturated rings. The molecule has 0 saturated carbocycles. The fourth-order valence-corrected chi connectivity index (χ4v) is 3.03. The molecular formula is C15H19F2N3S. The number of hydrazine groups is 1. The first kappa shape index (κ1) is 16.0. The number of hydrogen-bond donors (Lipinski definition) is 2. The van der Waals surface area contributed by atoms with Gasteiger partial charge in [-0.2, -0.15) is 0 Å². The van der Waals surface area contributed by atoms with Gasteiger partial charge in [-0.05, 0) is 18.2 Å². The van der Waals surface area contributed by atoms with Crippen molar-refractivity contribution in [3.05, 3.63) is 51.5 Å². The highest BCUT2D eigenvalue weighted by molar-refractivity contribution is 7.09. The topological polar surface area (TPSA) is 50.9 Å². The molecule has 0 radical (unpaired) electrons. The molecule has 0 saturated heterocycles. The van der Waals surface area contributed by atoms with E-state index in [1.54, 1.807) is 0 Å². The van der Waals surface area contributed by atoms with E-state index in [0.29, 0.717) is 6.42 Å². The van der Waals surface area contributed by atoms with E-state index in [2.05, 4.69) is 31.2 Å². The molecule has 1 aromatic carbocycles. The zero-order valence-electron chi connectivity index (χ0n) is 12.3. The number of hydrogen-bond acceptors (Lipinski definition) is 4. The molecule has 1 unspecified atom stereocenters. The lowest BCUT2D eigenvalue weighted by Gasteiger charge is -2.16. The number of nitrogens with two attached hydrogens (primary N) is 1. The van der Waals surface area contributed by atoms with E-state index in [9.17, 15) is 8.78 Å². The Hall–Kier alpha value is -1.37. The van der Waals surface area contributed by atoms with E-state index in [1.807, 2.05) is 5.38 Å². The van der Waals surface area contributed by atoms with Crippen molar-refractivity contribution in [3.63, 3.8) is 0 Å². The summed E-state index contributed by atoms with van der Waals surface area (Å²) in [6.45, 7) is 6.24. The summed E-state index contributed by atoms with van der Waals surface area (Å²) in [6.07, 6.45) is 0.414. The first-order valence-electron chi connectivity index (χ1n) is 6.67. The van der Waals surface area contributed by atoms with Gasteiger partial charge in [0.05, 0.1) is 16.7 Å². The third-order valence-electron chi connectivity index (χ3n) is 3.23. The normalized spacial score (nSPS) is 13.4. The Balaban J connectivity index is 2.23. The van der Waals surface area contributed by atoms with E-state index >= 15 is 0 Å². The van der Waals surface area contributed by atoms with Crippen molar-refractivity contribution in [2.45, 2.75) is 38.6 Å². The minimum Gasteiger partial charge on any atom is -0.271 e. The molecule has 3 N–H and O–H groups in total. The summed E-state index contributed by atoms with van der Waals surface area (Å²) in [6, 6.07) is 2.85. The van der Waals surface area contributed by atoms with Gasteiger partial charge in [0.2, 0.25) is 0 Å². The van der Waals surface area contributed by atoms with Crippen molar-refractivity contribution in [2.75, 3.05) is 0 Å². The quantitative estimate of drug-likeness (QED) is 0.671. The standard InChI is InChI=1S/C15H19F2N3S/c1-15(2,3)13-8-21-14(19-13)7-12(20-18)10-6-9(16)4-5-11(10)17/h4-6,8,12,20H,7,18H2,1-3H3. The minimum atomic E-state index is -0.514.